The van der Waals surface area contributed by atoms with Crippen molar-refractivity contribution in [1.29, 1.82) is 0 Å². The van der Waals surface area contributed by atoms with E-state index in [2.05, 4.69) is 10.6 Å². The molecule has 2 amide bonds. The average Bonchev–Trinajstić information content (AvgIpc) is 2.59. The standard InChI is InChI=1S/C16H21F3N4O3/c17-16(18,19)12-6-3-10(14(24)23-20)7-13(12)22-11-4-1-9(2-5-11)8-21-15(25)26/h3,6-7,9,11,21-22H,1-2,4-5,8,20H2,(H,23,24)(H,25,26). The monoisotopic (exact) mass is 374 g/mol. The first-order chi connectivity index (χ1) is 12.2. The smallest absolute Gasteiger partial charge is 0.418 e. The van der Waals surface area contributed by atoms with Crippen molar-refractivity contribution in [3.05, 3.63) is 29.3 Å². The number of halogens is 3. The predicted molar refractivity (Wildman–Crippen MR) is 88.5 cm³/mol. The fraction of sp³-hybridized carbons (Fsp3) is 0.500. The van der Waals surface area contributed by atoms with E-state index in [1.165, 1.54) is 0 Å². The molecule has 0 aromatic heterocycles. The fourth-order valence-electron chi connectivity index (χ4n) is 3.10. The molecular weight excluding hydrogens is 353 g/mol. The number of carbonyl (C=O) groups is 2. The van der Waals surface area contributed by atoms with Crippen LogP contribution in [0.3, 0.4) is 0 Å². The largest absolute Gasteiger partial charge is 0.465 e. The number of carboxylic acid groups (broad SMARTS) is 1. The van der Waals surface area contributed by atoms with E-state index in [1.807, 2.05) is 5.43 Å². The molecule has 144 valence electrons. The molecule has 0 aliphatic heterocycles. The molecule has 0 unspecified atom stereocenters. The van der Waals surface area contributed by atoms with E-state index in [0.717, 1.165) is 18.2 Å². The van der Waals surface area contributed by atoms with Crippen LogP contribution in [0, 0.1) is 5.92 Å². The number of nitrogen functional groups attached to an aromatic ring is 1. The van der Waals surface area contributed by atoms with Crippen LogP contribution in [0.25, 0.3) is 0 Å². The minimum absolute atomic E-state index is 0.0299. The van der Waals surface area contributed by atoms with E-state index in [0.29, 0.717) is 32.2 Å². The zero-order valence-corrected chi connectivity index (χ0v) is 13.9. The van der Waals surface area contributed by atoms with E-state index in [1.54, 1.807) is 0 Å². The van der Waals surface area contributed by atoms with Crippen LogP contribution in [0.5, 0.6) is 0 Å². The lowest BCUT2D eigenvalue weighted by Crippen LogP contribution is -2.33. The van der Waals surface area contributed by atoms with Gasteiger partial charge in [0.1, 0.15) is 0 Å². The minimum Gasteiger partial charge on any atom is -0.465 e. The van der Waals surface area contributed by atoms with Gasteiger partial charge in [-0.05, 0) is 49.8 Å². The van der Waals surface area contributed by atoms with E-state index in [4.69, 9.17) is 10.9 Å². The second-order valence-electron chi connectivity index (χ2n) is 6.28. The predicted octanol–water partition coefficient (Wildman–Crippen LogP) is 2.55. The number of alkyl halides is 3. The molecule has 1 aromatic rings. The van der Waals surface area contributed by atoms with Gasteiger partial charge in [0.2, 0.25) is 0 Å². The molecule has 1 aromatic carbocycles. The first-order valence-corrected chi connectivity index (χ1v) is 8.16. The molecular formula is C16H21F3N4O3. The van der Waals surface area contributed by atoms with Gasteiger partial charge >= 0.3 is 12.3 Å². The SMILES string of the molecule is NNC(=O)c1ccc(C(F)(F)F)c(NC2CCC(CNC(=O)O)CC2)c1. The lowest BCUT2D eigenvalue weighted by atomic mass is 9.85. The first kappa shape index (κ1) is 19.8. The van der Waals surface area contributed by atoms with E-state index >= 15 is 0 Å². The third-order valence-electron chi connectivity index (χ3n) is 4.47. The van der Waals surface area contributed by atoms with Gasteiger partial charge in [0.25, 0.3) is 5.91 Å². The van der Waals surface area contributed by atoms with Crippen molar-refractivity contribution in [2.45, 2.75) is 37.9 Å². The number of carbonyl (C=O) groups excluding carboxylic acids is 1. The molecule has 26 heavy (non-hydrogen) atoms. The van der Waals surface area contributed by atoms with Crippen molar-refractivity contribution in [2.75, 3.05) is 11.9 Å². The number of hydrogen-bond donors (Lipinski definition) is 5. The highest BCUT2D eigenvalue weighted by molar-refractivity contribution is 5.95. The fourth-order valence-corrected chi connectivity index (χ4v) is 3.10. The van der Waals surface area contributed by atoms with E-state index < -0.39 is 23.7 Å². The highest BCUT2D eigenvalue weighted by Gasteiger charge is 2.34. The summed E-state index contributed by atoms with van der Waals surface area (Å²) in [6.45, 7) is 0.335. The van der Waals surface area contributed by atoms with Crippen LogP contribution >= 0.6 is 0 Å². The number of hydrazine groups is 1. The van der Waals surface area contributed by atoms with Crippen molar-refractivity contribution < 1.29 is 27.9 Å². The van der Waals surface area contributed by atoms with Crippen LogP contribution in [0.4, 0.5) is 23.7 Å². The summed E-state index contributed by atoms with van der Waals surface area (Å²) < 4.78 is 39.7. The summed E-state index contributed by atoms with van der Waals surface area (Å²) >= 11 is 0. The van der Waals surface area contributed by atoms with Crippen LogP contribution < -0.4 is 21.9 Å². The second-order valence-corrected chi connectivity index (χ2v) is 6.28. The maximum Gasteiger partial charge on any atom is 0.418 e. The number of anilines is 1. The Kier molecular flexibility index (Phi) is 6.30. The Bertz CT molecular complexity index is 659. The van der Waals surface area contributed by atoms with E-state index in [9.17, 15) is 22.8 Å². The zero-order chi connectivity index (χ0) is 19.3. The van der Waals surface area contributed by atoms with Gasteiger partial charge in [-0.3, -0.25) is 10.2 Å². The summed E-state index contributed by atoms with van der Waals surface area (Å²) in [7, 11) is 0. The quantitative estimate of drug-likeness (QED) is 0.309. The summed E-state index contributed by atoms with van der Waals surface area (Å²) in [5, 5.41) is 13.8. The number of hydrogen-bond acceptors (Lipinski definition) is 4. The molecule has 0 atom stereocenters. The maximum atomic E-state index is 13.2. The Labute approximate surface area is 148 Å². The Balaban J connectivity index is 2.08. The summed E-state index contributed by atoms with van der Waals surface area (Å²) in [4.78, 5) is 22.1. The number of nitrogens with two attached hydrogens (primary N) is 1. The lowest BCUT2D eigenvalue weighted by Gasteiger charge is -2.30. The van der Waals surface area contributed by atoms with Crippen LogP contribution in [0.1, 0.15) is 41.6 Å². The number of amides is 2. The molecule has 0 saturated heterocycles. The molecule has 2 rings (SSSR count). The van der Waals surface area contributed by atoms with E-state index in [-0.39, 0.29) is 23.2 Å². The average molecular weight is 374 g/mol. The molecule has 0 spiro atoms. The van der Waals surface area contributed by atoms with Crippen molar-refractivity contribution in [3.63, 3.8) is 0 Å². The molecule has 1 aliphatic carbocycles. The summed E-state index contributed by atoms with van der Waals surface area (Å²) in [5.74, 6) is 4.53. The molecule has 0 heterocycles. The van der Waals surface area contributed by atoms with Crippen LogP contribution in [0.15, 0.2) is 18.2 Å². The number of rotatable bonds is 5. The normalized spacial score (nSPS) is 20.3. The molecule has 6 N–H and O–H groups in total. The highest BCUT2D eigenvalue weighted by Crippen LogP contribution is 2.37. The topological polar surface area (TPSA) is 116 Å². The minimum atomic E-state index is -4.55. The van der Waals surface area contributed by atoms with Gasteiger partial charge in [0.15, 0.2) is 0 Å². The van der Waals surface area contributed by atoms with Crippen LogP contribution in [0.2, 0.25) is 0 Å². The molecule has 1 fully saturated rings. The van der Waals surface area contributed by atoms with Crippen LogP contribution in [-0.4, -0.2) is 29.7 Å². The third kappa shape index (κ3) is 5.25. The first-order valence-electron chi connectivity index (χ1n) is 8.16. The Morgan fingerprint density at radius 3 is 2.38 bits per heavy atom. The maximum absolute atomic E-state index is 13.2. The Morgan fingerprint density at radius 2 is 1.85 bits per heavy atom. The van der Waals surface area contributed by atoms with Crippen molar-refractivity contribution in [3.8, 4) is 0 Å². The summed E-state index contributed by atoms with van der Waals surface area (Å²) in [6, 6.07) is 2.89. The van der Waals surface area contributed by atoms with Gasteiger partial charge in [0.05, 0.1) is 5.56 Å². The molecule has 1 saturated carbocycles. The van der Waals surface area contributed by atoms with Crippen LogP contribution in [-0.2, 0) is 6.18 Å². The van der Waals surface area contributed by atoms with Gasteiger partial charge in [-0.2, -0.15) is 13.2 Å². The Hall–Kier alpha value is -2.49. The van der Waals surface area contributed by atoms with Gasteiger partial charge < -0.3 is 15.7 Å². The Morgan fingerprint density at radius 1 is 1.19 bits per heavy atom. The zero-order valence-electron chi connectivity index (χ0n) is 13.9. The second kappa shape index (κ2) is 8.26. The molecule has 1 aliphatic rings. The van der Waals surface area contributed by atoms with Crippen molar-refractivity contribution in [1.82, 2.24) is 10.7 Å². The van der Waals surface area contributed by atoms with Gasteiger partial charge in [-0.15, -0.1) is 0 Å². The number of nitrogens with one attached hydrogen (secondary N) is 3. The third-order valence-corrected chi connectivity index (χ3v) is 4.47. The molecule has 10 heteroatoms. The summed E-state index contributed by atoms with van der Waals surface area (Å²) in [5.41, 5.74) is 0.918. The van der Waals surface area contributed by atoms with Crippen molar-refractivity contribution >= 4 is 17.7 Å². The van der Waals surface area contributed by atoms with Gasteiger partial charge in [0, 0.05) is 23.8 Å². The number of benzene rings is 1. The van der Waals surface area contributed by atoms with Gasteiger partial charge in [-0.25, -0.2) is 10.6 Å². The lowest BCUT2D eigenvalue weighted by molar-refractivity contribution is -0.137. The molecule has 7 nitrogen and oxygen atoms in total. The van der Waals surface area contributed by atoms with Gasteiger partial charge in [-0.1, -0.05) is 0 Å². The van der Waals surface area contributed by atoms with Crippen molar-refractivity contribution in [2.24, 2.45) is 11.8 Å². The summed E-state index contributed by atoms with van der Waals surface area (Å²) in [6.07, 6.45) is -3.03. The molecule has 0 bridgehead atoms. The molecule has 0 radical (unpaired) electrons. The highest BCUT2D eigenvalue weighted by atomic mass is 19.4.